The minimum atomic E-state index is 0.269. The van der Waals surface area contributed by atoms with Gasteiger partial charge in [-0.2, -0.15) is 0 Å². The van der Waals surface area contributed by atoms with Crippen molar-refractivity contribution in [1.82, 2.24) is 4.98 Å². The zero-order valence-electron chi connectivity index (χ0n) is 9.94. The smallest absolute Gasteiger partial charge is 0.0486 e. The Morgan fingerprint density at radius 2 is 1.88 bits per heavy atom. The quantitative estimate of drug-likeness (QED) is 0.910. The minimum absolute atomic E-state index is 0.269. The molecule has 1 atom stereocenters. The van der Waals surface area contributed by atoms with Gasteiger partial charge in [0.05, 0.1) is 0 Å². The first kappa shape index (κ1) is 12.1. The summed E-state index contributed by atoms with van der Waals surface area (Å²) in [7, 11) is 0. The predicted molar refractivity (Wildman–Crippen MR) is 75.2 cm³/mol. The Balaban J connectivity index is 2.18. The van der Waals surface area contributed by atoms with Gasteiger partial charge in [0, 0.05) is 28.6 Å². The average molecular weight is 291 g/mol. The van der Waals surface area contributed by atoms with Gasteiger partial charge >= 0.3 is 0 Å². The number of hydrogen-bond donors (Lipinski definition) is 1. The Morgan fingerprint density at radius 3 is 2.59 bits per heavy atom. The Morgan fingerprint density at radius 1 is 1.18 bits per heavy atom. The summed E-state index contributed by atoms with van der Waals surface area (Å²) >= 11 is 3.49. The standard InChI is InChI=1S/C14H15BrN2/c1-10-3-4-13(15)9-14(10)17-11(2)12-5-7-16-8-6-12/h3-9,11,17H,1-2H3. The number of halogens is 1. The second kappa shape index (κ2) is 5.32. The van der Waals surface area contributed by atoms with Gasteiger partial charge in [-0.1, -0.05) is 22.0 Å². The summed E-state index contributed by atoms with van der Waals surface area (Å²) in [5, 5.41) is 3.51. The van der Waals surface area contributed by atoms with Gasteiger partial charge in [-0.3, -0.25) is 4.98 Å². The first-order valence-electron chi connectivity index (χ1n) is 5.59. The van der Waals surface area contributed by atoms with Crippen LogP contribution in [0.15, 0.2) is 47.2 Å². The molecule has 0 amide bonds. The third kappa shape index (κ3) is 3.07. The maximum Gasteiger partial charge on any atom is 0.0486 e. The maximum atomic E-state index is 4.03. The molecule has 0 spiro atoms. The van der Waals surface area contributed by atoms with Gasteiger partial charge in [-0.15, -0.1) is 0 Å². The molecular formula is C14H15BrN2. The van der Waals surface area contributed by atoms with Crippen LogP contribution in [0.5, 0.6) is 0 Å². The highest BCUT2D eigenvalue weighted by atomic mass is 79.9. The number of pyridine rings is 1. The van der Waals surface area contributed by atoms with E-state index in [0.717, 1.165) is 10.2 Å². The molecular weight excluding hydrogens is 276 g/mol. The lowest BCUT2D eigenvalue weighted by atomic mass is 10.1. The lowest BCUT2D eigenvalue weighted by Crippen LogP contribution is -2.07. The summed E-state index contributed by atoms with van der Waals surface area (Å²) in [6, 6.07) is 10.6. The zero-order chi connectivity index (χ0) is 12.3. The molecule has 1 N–H and O–H groups in total. The van der Waals surface area contributed by atoms with Gasteiger partial charge in [-0.25, -0.2) is 0 Å². The van der Waals surface area contributed by atoms with Crippen LogP contribution in [0.4, 0.5) is 5.69 Å². The molecule has 0 aliphatic heterocycles. The third-order valence-corrected chi connectivity index (χ3v) is 3.27. The highest BCUT2D eigenvalue weighted by Crippen LogP contribution is 2.25. The molecule has 3 heteroatoms. The molecule has 2 rings (SSSR count). The van der Waals surface area contributed by atoms with Crippen LogP contribution in [-0.4, -0.2) is 4.98 Å². The molecule has 88 valence electrons. The topological polar surface area (TPSA) is 24.9 Å². The van der Waals surface area contributed by atoms with Crippen molar-refractivity contribution in [3.05, 3.63) is 58.3 Å². The van der Waals surface area contributed by atoms with E-state index in [1.807, 2.05) is 24.5 Å². The van der Waals surface area contributed by atoms with Crippen LogP contribution in [0.25, 0.3) is 0 Å². The van der Waals surface area contributed by atoms with Crippen molar-refractivity contribution in [3.63, 3.8) is 0 Å². The van der Waals surface area contributed by atoms with Gasteiger partial charge in [0.25, 0.3) is 0 Å². The van der Waals surface area contributed by atoms with E-state index >= 15 is 0 Å². The minimum Gasteiger partial charge on any atom is -0.378 e. The van der Waals surface area contributed by atoms with E-state index in [-0.39, 0.29) is 6.04 Å². The van der Waals surface area contributed by atoms with Gasteiger partial charge < -0.3 is 5.32 Å². The molecule has 0 radical (unpaired) electrons. The van der Waals surface area contributed by atoms with Gasteiger partial charge in [0.1, 0.15) is 0 Å². The summed E-state index contributed by atoms with van der Waals surface area (Å²) in [4.78, 5) is 4.03. The molecule has 1 heterocycles. The predicted octanol–water partition coefficient (Wildman–Crippen LogP) is 4.33. The Kier molecular flexibility index (Phi) is 3.79. The van der Waals surface area contributed by atoms with Crippen molar-refractivity contribution >= 4 is 21.6 Å². The zero-order valence-corrected chi connectivity index (χ0v) is 11.5. The molecule has 2 aromatic rings. The second-order valence-corrected chi connectivity index (χ2v) is 5.02. The molecule has 1 aromatic carbocycles. The molecule has 1 unspecified atom stereocenters. The number of aryl methyl sites for hydroxylation is 1. The monoisotopic (exact) mass is 290 g/mol. The second-order valence-electron chi connectivity index (χ2n) is 4.11. The van der Waals surface area contributed by atoms with Crippen molar-refractivity contribution in [2.45, 2.75) is 19.9 Å². The number of anilines is 1. The molecule has 17 heavy (non-hydrogen) atoms. The fraction of sp³-hybridized carbons (Fsp3) is 0.214. The molecule has 2 nitrogen and oxygen atoms in total. The fourth-order valence-electron chi connectivity index (χ4n) is 1.72. The summed E-state index contributed by atoms with van der Waals surface area (Å²) in [5.41, 5.74) is 3.64. The summed E-state index contributed by atoms with van der Waals surface area (Å²) in [5.74, 6) is 0. The molecule has 0 aliphatic rings. The molecule has 1 aromatic heterocycles. The normalized spacial score (nSPS) is 12.2. The van der Waals surface area contributed by atoms with Crippen molar-refractivity contribution in [2.24, 2.45) is 0 Å². The lowest BCUT2D eigenvalue weighted by molar-refractivity contribution is 0.878. The van der Waals surface area contributed by atoms with Crippen molar-refractivity contribution < 1.29 is 0 Å². The molecule has 0 bridgehead atoms. The van der Waals surface area contributed by atoms with Crippen LogP contribution < -0.4 is 5.32 Å². The highest BCUT2D eigenvalue weighted by molar-refractivity contribution is 9.10. The Labute approximate surface area is 110 Å². The number of nitrogens with one attached hydrogen (secondary N) is 1. The van der Waals surface area contributed by atoms with Crippen molar-refractivity contribution in [1.29, 1.82) is 0 Å². The largest absolute Gasteiger partial charge is 0.378 e. The van der Waals surface area contributed by atoms with E-state index in [0.29, 0.717) is 0 Å². The van der Waals surface area contributed by atoms with Crippen LogP contribution in [0, 0.1) is 6.92 Å². The fourth-order valence-corrected chi connectivity index (χ4v) is 2.08. The molecule has 0 fully saturated rings. The van der Waals surface area contributed by atoms with Crippen molar-refractivity contribution in [3.8, 4) is 0 Å². The van der Waals surface area contributed by atoms with Crippen LogP contribution in [0.2, 0.25) is 0 Å². The van der Waals surface area contributed by atoms with E-state index in [4.69, 9.17) is 0 Å². The summed E-state index contributed by atoms with van der Waals surface area (Å²) in [6.07, 6.45) is 3.64. The Hall–Kier alpha value is -1.35. The van der Waals surface area contributed by atoms with Crippen LogP contribution in [0.3, 0.4) is 0 Å². The Bertz CT molecular complexity index is 497. The average Bonchev–Trinajstić information content (AvgIpc) is 2.35. The van der Waals surface area contributed by atoms with Gasteiger partial charge in [0.15, 0.2) is 0 Å². The molecule has 0 aliphatic carbocycles. The molecule has 0 saturated carbocycles. The number of aromatic nitrogens is 1. The van der Waals surface area contributed by atoms with E-state index in [9.17, 15) is 0 Å². The first-order chi connectivity index (χ1) is 8.16. The van der Waals surface area contributed by atoms with Crippen LogP contribution >= 0.6 is 15.9 Å². The SMILES string of the molecule is Cc1ccc(Br)cc1NC(C)c1ccncc1. The number of benzene rings is 1. The lowest BCUT2D eigenvalue weighted by Gasteiger charge is -2.17. The third-order valence-electron chi connectivity index (χ3n) is 2.78. The van der Waals surface area contributed by atoms with Gasteiger partial charge in [0.2, 0.25) is 0 Å². The first-order valence-corrected chi connectivity index (χ1v) is 6.39. The maximum absolute atomic E-state index is 4.03. The van der Waals surface area contributed by atoms with E-state index in [1.54, 1.807) is 0 Å². The number of rotatable bonds is 3. The van der Waals surface area contributed by atoms with Gasteiger partial charge in [-0.05, 0) is 49.2 Å². The van der Waals surface area contributed by atoms with E-state index in [2.05, 4.69) is 58.3 Å². The number of hydrogen-bond acceptors (Lipinski definition) is 2. The van der Waals surface area contributed by atoms with E-state index in [1.165, 1.54) is 11.1 Å². The summed E-state index contributed by atoms with van der Waals surface area (Å²) in [6.45, 7) is 4.25. The van der Waals surface area contributed by atoms with E-state index < -0.39 is 0 Å². The number of nitrogens with zero attached hydrogens (tertiary/aromatic N) is 1. The molecule has 0 saturated heterocycles. The van der Waals surface area contributed by atoms with Crippen LogP contribution in [0.1, 0.15) is 24.1 Å². The highest BCUT2D eigenvalue weighted by Gasteiger charge is 2.06. The van der Waals surface area contributed by atoms with Crippen molar-refractivity contribution in [2.75, 3.05) is 5.32 Å². The summed E-state index contributed by atoms with van der Waals surface area (Å²) < 4.78 is 1.09. The van der Waals surface area contributed by atoms with Crippen LogP contribution in [-0.2, 0) is 0 Å².